The molecule has 10 nitrogen and oxygen atoms in total. The first-order chi connectivity index (χ1) is 21.5. The molecule has 6 rings (SSSR count). The summed E-state index contributed by atoms with van der Waals surface area (Å²) in [4.78, 5) is 29.3. The van der Waals surface area contributed by atoms with Gasteiger partial charge in [-0.25, -0.2) is 9.97 Å². The Morgan fingerprint density at radius 3 is 1.71 bits per heavy atom. The van der Waals surface area contributed by atoms with Crippen LogP contribution >= 0.6 is 46.1 Å². The molecule has 2 aliphatic rings. The molecule has 0 atom stereocenters. The van der Waals surface area contributed by atoms with E-state index in [4.69, 9.17) is 4.65 Å². The number of ketones is 1. The standard InChI is InChI=1S/C16H19N3O2S.C14H16IN3OS.CO.CH4/c1-11(21)15-14(10-20)19(12-5-4-8-17-9-12)16(18-15)22-13-6-2-3-7-13;15-13-12(9-19)18(10-4-3-7-16-8-10)14(17-13)20-11-5-1-2-6-11;1-2;/h4-5,8-9,13,20H,2-3,6-7,10H2,1H3;3-4,7-8,11,19H,1-2,5-6,9H2;;1H4. The van der Waals surface area contributed by atoms with Crippen molar-refractivity contribution in [1.29, 1.82) is 0 Å². The van der Waals surface area contributed by atoms with E-state index in [-0.39, 0.29) is 26.4 Å². The van der Waals surface area contributed by atoms with Gasteiger partial charge in [-0.15, -0.1) is 0 Å². The van der Waals surface area contributed by atoms with Crippen LogP contribution in [0, 0.1) is 10.4 Å². The molecule has 4 heterocycles. The van der Waals surface area contributed by atoms with E-state index in [9.17, 15) is 15.0 Å². The van der Waals surface area contributed by atoms with Crippen molar-refractivity contribution >= 4 is 51.9 Å². The summed E-state index contributed by atoms with van der Waals surface area (Å²) in [6.07, 6.45) is 17.0. The van der Waals surface area contributed by atoms with E-state index in [1.807, 2.05) is 51.4 Å². The van der Waals surface area contributed by atoms with Gasteiger partial charge in [-0.3, -0.25) is 23.9 Å². The van der Waals surface area contributed by atoms with Crippen molar-refractivity contribution in [2.45, 2.75) is 99.7 Å². The van der Waals surface area contributed by atoms with Gasteiger partial charge < -0.3 is 10.2 Å². The van der Waals surface area contributed by atoms with Crippen LogP contribution in [0.2, 0.25) is 0 Å². The van der Waals surface area contributed by atoms with Crippen LogP contribution in [0.3, 0.4) is 0 Å². The number of carbonyl (C=O) groups excluding carboxylic acids is 1. The summed E-state index contributed by atoms with van der Waals surface area (Å²) in [6.45, 7) is 5.76. The summed E-state index contributed by atoms with van der Waals surface area (Å²) in [5.74, 6) is -0.125. The number of halogens is 1. The monoisotopic (exact) mass is 762 g/mol. The molecule has 2 saturated carbocycles. The van der Waals surface area contributed by atoms with E-state index in [1.165, 1.54) is 58.3 Å². The SMILES string of the molecule is C.CC(=O)c1nc(SC2CCCC2)n(-c2cccnc2)c1CO.OCc1c(I)nc(SC2CCCC2)n1-c1cccnc1.[C-]#[O+]. The first kappa shape index (κ1) is 36.9. The summed E-state index contributed by atoms with van der Waals surface area (Å²) in [5.41, 5.74) is 3.53. The number of aromatic nitrogens is 6. The van der Waals surface area contributed by atoms with Gasteiger partial charge in [-0.05, 0) is 72.5 Å². The van der Waals surface area contributed by atoms with Gasteiger partial charge in [-0.2, -0.15) is 0 Å². The fourth-order valence-electron chi connectivity index (χ4n) is 5.37. The van der Waals surface area contributed by atoms with Crippen LogP contribution in [-0.4, -0.2) is 55.6 Å². The molecule has 13 heteroatoms. The van der Waals surface area contributed by atoms with Crippen molar-refractivity contribution in [1.82, 2.24) is 29.1 Å². The molecule has 4 aromatic heterocycles. The number of hydrogen-bond acceptors (Lipinski definition) is 9. The number of Topliss-reactive ketones (excluding diaryl/α,β-unsaturated/α-hetero) is 1. The summed E-state index contributed by atoms with van der Waals surface area (Å²) >= 11 is 5.73. The van der Waals surface area contributed by atoms with E-state index < -0.39 is 0 Å². The Bertz CT molecular complexity index is 1520. The van der Waals surface area contributed by atoms with Gasteiger partial charge in [0.25, 0.3) is 0 Å². The average Bonchev–Trinajstić information content (AvgIpc) is 3.87. The number of aliphatic hydroxyl groups is 2. The number of rotatable bonds is 9. The molecule has 240 valence electrons. The summed E-state index contributed by atoms with van der Waals surface area (Å²) in [5, 5.41) is 22.3. The van der Waals surface area contributed by atoms with Crippen LogP contribution in [0.5, 0.6) is 0 Å². The quantitative estimate of drug-likeness (QED) is 0.0800. The predicted octanol–water partition coefficient (Wildman–Crippen LogP) is 6.99. The Labute approximate surface area is 286 Å². The normalized spacial score (nSPS) is 14.6. The van der Waals surface area contributed by atoms with Crippen LogP contribution in [-0.2, 0) is 17.9 Å². The fourth-order valence-corrected chi connectivity index (χ4v) is 8.84. The number of hydrogen-bond donors (Lipinski definition) is 2. The van der Waals surface area contributed by atoms with Crippen molar-refractivity contribution in [2.75, 3.05) is 0 Å². The van der Waals surface area contributed by atoms with Crippen LogP contribution in [0.25, 0.3) is 11.4 Å². The van der Waals surface area contributed by atoms with E-state index in [0.717, 1.165) is 31.1 Å². The molecule has 2 fully saturated rings. The summed E-state index contributed by atoms with van der Waals surface area (Å²) < 4.78 is 12.3. The Hall–Kier alpha value is -2.52. The maximum absolute atomic E-state index is 11.8. The van der Waals surface area contributed by atoms with Gasteiger partial charge in [-0.1, -0.05) is 56.6 Å². The van der Waals surface area contributed by atoms with Gasteiger partial charge in [0.15, 0.2) is 16.1 Å². The second-order valence-electron chi connectivity index (χ2n) is 10.3. The second kappa shape index (κ2) is 18.6. The number of imidazole rings is 2. The van der Waals surface area contributed by atoms with Crippen molar-refractivity contribution in [3.63, 3.8) is 0 Å². The molecule has 0 bridgehead atoms. The molecular weight excluding hydrogens is 723 g/mol. The first-order valence-corrected chi connectivity index (χ1v) is 17.3. The molecule has 0 aliphatic heterocycles. The van der Waals surface area contributed by atoms with Crippen molar-refractivity contribution in [3.8, 4) is 11.4 Å². The van der Waals surface area contributed by atoms with Crippen molar-refractivity contribution < 1.29 is 19.7 Å². The van der Waals surface area contributed by atoms with Gasteiger partial charge >= 0.3 is 11.3 Å². The first-order valence-electron chi connectivity index (χ1n) is 14.5. The topological polar surface area (TPSA) is 139 Å². The average molecular weight is 763 g/mol. The number of aliphatic hydroxyl groups excluding tert-OH is 2. The zero-order valence-corrected chi connectivity index (χ0v) is 28.2. The van der Waals surface area contributed by atoms with E-state index >= 15 is 0 Å². The molecule has 4 aromatic rings. The Morgan fingerprint density at radius 1 is 0.867 bits per heavy atom. The van der Waals surface area contributed by atoms with E-state index in [1.54, 1.807) is 30.4 Å². The molecule has 0 amide bonds. The predicted molar refractivity (Wildman–Crippen MR) is 184 cm³/mol. The van der Waals surface area contributed by atoms with E-state index in [2.05, 4.69) is 49.2 Å². The zero-order valence-electron chi connectivity index (χ0n) is 24.4. The van der Waals surface area contributed by atoms with E-state index in [0.29, 0.717) is 21.9 Å². The van der Waals surface area contributed by atoms with Crippen molar-refractivity contribution in [2.24, 2.45) is 0 Å². The third-order valence-corrected chi connectivity index (χ3v) is 10.9. The molecule has 0 aromatic carbocycles. The van der Waals surface area contributed by atoms with Crippen molar-refractivity contribution in [3.05, 3.63) is 76.5 Å². The number of thioether (sulfide) groups is 2. The van der Waals surface area contributed by atoms with Crippen LogP contribution in [0.15, 0.2) is 59.4 Å². The fraction of sp³-hybridized carbons (Fsp3) is 0.438. The number of nitrogens with zero attached hydrogens (tertiary/aromatic N) is 6. The Kier molecular flexibility index (Phi) is 15.3. The third kappa shape index (κ3) is 9.28. The number of carbonyl (C=O) groups is 1. The van der Waals surface area contributed by atoms with Gasteiger partial charge in [0.1, 0.15) is 9.39 Å². The molecule has 2 aliphatic carbocycles. The maximum atomic E-state index is 11.8. The Morgan fingerprint density at radius 2 is 1.31 bits per heavy atom. The Balaban J connectivity index is 0.000000229. The molecule has 0 unspecified atom stereocenters. The summed E-state index contributed by atoms with van der Waals surface area (Å²) in [7, 11) is 0. The zero-order chi connectivity index (χ0) is 31.5. The van der Waals surface area contributed by atoms with Gasteiger partial charge in [0.05, 0.1) is 48.4 Å². The number of pyridine rings is 2. The molecule has 0 radical (unpaired) electrons. The summed E-state index contributed by atoms with van der Waals surface area (Å²) in [6, 6.07) is 7.67. The molecule has 45 heavy (non-hydrogen) atoms. The van der Waals surface area contributed by atoms with Crippen LogP contribution < -0.4 is 0 Å². The third-order valence-electron chi connectivity index (χ3n) is 7.42. The molecular formula is C32H39IN6O4S2. The minimum absolute atomic E-state index is 0. The van der Waals surface area contributed by atoms with Crippen LogP contribution in [0.1, 0.15) is 87.6 Å². The second-order valence-corrected chi connectivity index (χ2v) is 13.9. The van der Waals surface area contributed by atoms with Gasteiger partial charge in [0.2, 0.25) is 0 Å². The van der Waals surface area contributed by atoms with Crippen LogP contribution in [0.4, 0.5) is 0 Å². The van der Waals surface area contributed by atoms with Gasteiger partial charge in [0, 0.05) is 29.8 Å². The molecule has 2 N–H and O–H groups in total. The molecule has 0 spiro atoms. The molecule has 0 saturated heterocycles. The minimum atomic E-state index is -0.220.